The third-order valence-electron chi connectivity index (χ3n) is 2.62. The fourth-order valence-corrected chi connectivity index (χ4v) is 2.73. The fourth-order valence-electron chi connectivity index (χ4n) is 1.62. The van der Waals surface area contributed by atoms with Crippen LogP contribution in [-0.2, 0) is 4.79 Å². The predicted octanol–water partition coefficient (Wildman–Crippen LogP) is 3.19. The van der Waals surface area contributed by atoms with Gasteiger partial charge in [-0.1, -0.05) is 22.0 Å². The first-order chi connectivity index (χ1) is 9.56. The zero-order chi connectivity index (χ0) is 14.5. The average Bonchev–Trinajstić information content (AvgIpc) is 2.93. The highest BCUT2D eigenvalue weighted by Crippen LogP contribution is 2.19. The molecule has 0 saturated heterocycles. The summed E-state index contributed by atoms with van der Waals surface area (Å²) >= 11 is 4.71. The van der Waals surface area contributed by atoms with E-state index in [4.69, 9.17) is 0 Å². The van der Waals surface area contributed by atoms with Gasteiger partial charge in [-0.05, 0) is 42.1 Å². The third-order valence-corrected chi connectivity index (χ3v) is 3.98. The Balaban J connectivity index is 1.88. The number of amides is 2. The van der Waals surface area contributed by atoms with Crippen molar-refractivity contribution in [2.24, 2.45) is 0 Å². The smallest absolute Gasteiger partial charge is 0.261 e. The maximum absolute atomic E-state index is 11.8. The third kappa shape index (κ3) is 3.91. The van der Waals surface area contributed by atoms with E-state index >= 15 is 0 Å². The van der Waals surface area contributed by atoms with E-state index in [0.29, 0.717) is 4.88 Å². The average molecular weight is 353 g/mol. The number of hydrogen-bond donors (Lipinski definition) is 2. The monoisotopic (exact) mass is 352 g/mol. The van der Waals surface area contributed by atoms with Crippen LogP contribution in [0, 0.1) is 6.92 Å². The highest BCUT2D eigenvalue weighted by atomic mass is 79.9. The Labute approximate surface area is 129 Å². The van der Waals surface area contributed by atoms with E-state index in [1.165, 1.54) is 11.3 Å². The number of carbonyl (C=O) groups excluding carboxylic acids is 2. The first-order valence-electron chi connectivity index (χ1n) is 5.94. The second-order valence-electron chi connectivity index (χ2n) is 4.17. The van der Waals surface area contributed by atoms with Gasteiger partial charge in [0.25, 0.3) is 5.91 Å². The molecule has 0 spiro atoms. The van der Waals surface area contributed by atoms with Crippen molar-refractivity contribution in [3.63, 3.8) is 0 Å². The molecule has 0 unspecified atom stereocenters. The van der Waals surface area contributed by atoms with E-state index in [9.17, 15) is 9.59 Å². The van der Waals surface area contributed by atoms with E-state index in [2.05, 4.69) is 26.6 Å². The van der Waals surface area contributed by atoms with Gasteiger partial charge in [0, 0.05) is 10.2 Å². The summed E-state index contributed by atoms with van der Waals surface area (Å²) in [5.74, 6) is -0.483. The fraction of sp³-hybridized carbons (Fsp3) is 0.143. The number of carbonyl (C=O) groups is 2. The maximum Gasteiger partial charge on any atom is 0.261 e. The van der Waals surface area contributed by atoms with Crippen LogP contribution in [0.2, 0.25) is 0 Å². The second-order valence-corrected chi connectivity index (χ2v) is 6.03. The van der Waals surface area contributed by atoms with Gasteiger partial charge in [-0.3, -0.25) is 9.59 Å². The first kappa shape index (κ1) is 14.7. The summed E-state index contributed by atoms with van der Waals surface area (Å²) in [6.07, 6.45) is 0. The zero-order valence-corrected chi connectivity index (χ0v) is 13.2. The van der Waals surface area contributed by atoms with Crippen molar-refractivity contribution in [3.8, 4) is 0 Å². The highest BCUT2D eigenvalue weighted by Gasteiger charge is 2.09. The van der Waals surface area contributed by atoms with E-state index in [1.807, 2.05) is 30.5 Å². The van der Waals surface area contributed by atoms with Crippen molar-refractivity contribution in [1.82, 2.24) is 5.32 Å². The second kappa shape index (κ2) is 6.67. The highest BCUT2D eigenvalue weighted by molar-refractivity contribution is 9.10. The number of aryl methyl sites for hydroxylation is 1. The molecular formula is C14H13BrN2O2S. The van der Waals surface area contributed by atoms with E-state index < -0.39 is 0 Å². The van der Waals surface area contributed by atoms with Gasteiger partial charge >= 0.3 is 0 Å². The van der Waals surface area contributed by atoms with E-state index in [0.717, 1.165) is 15.7 Å². The molecule has 0 fully saturated rings. The molecule has 6 heteroatoms. The van der Waals surface area contributed by atoms with Crippen LogP contribution in [0.25, 0.3) is 0 Å². The Kier molecular flexibility index (Phi) is 4.92. The maximum atomic E-state index is 11.8. The minimum atomic E-state index is -0.250. The molecule has 1 heterocycles. The van der Waals surface area contributed by atoms with Gasteiger partial charge < -0.3 is 10.6 Å². The minimum absolute atomic E-state index is 0.0494. The van der Waals surface area contributed by atoms with Crippen molar-refractivity contribution >= 4 is 44.8 Å². The summed E-state index contributed by atoms with van der Waals surface area (Å²) in [6, 6.07) is 9.10. The Hall–Kier alpha value is -1.66. The molecule has 0 atom stereocenters. The van der Waals surface area contributed by atoms with Crippen LogP contribution < -0.4 is 10.6 Å². The van der Waals surface area contributed by atoms with Crippen LogP contribution in [0.5, 0.6) is 0 Å². The molecule has 2 aromatic rings. The van der Waals surface area contributed by atoms with E-state index in [1.54, 1.807) is 12.1 Å². The molecule has 2 N–H and O–H groups in total. The summed E-state index contributed by atoms with van der Waals surface area (Å²) < 4.78 is 0.957. The standard InChI is InChI=1S/C14H13BrN2O2S/c1-9-7-10(15)4-5-11(9)17-13(18)8-16-14(19)12-3-2-6-20-12/h2-7H,8H2,1H3,(H,16,19)(H,17,18). The first-order valence-corrected chi connectivity index (χ1v) is 7.61. The summed E-state index contributed by atoms with van der Waals surface area (Å²) in [5, 5.41) is 7.17. The lowest BCUT2D eigenvalue weighted by molar-refractivity contribution is -0.115. The number of hydrogen-bond acceptors (Lipinski definition) is 3. The Morgan fingerprint density at radius 1 is 1.30 bits per heavy atom. The van der Waals surface area contributed by atoms with Gasteiger partial charge in [-0.2, -0.15) is 0 Å². The van der Waals surface area contributed by atoms with Gasteiger partial charge in [-0.25, -0.2) is 0 Å². The largest absolute Gasteiger partial charge is 0.342 e. The van der Waals surface area contributed by atoms with Crippen LogP contribution in [0.4, 0.5) is 5.69 Å². The summed E-state index contributed by atoms with van der Waals surface area (Å²) in [5.41, 5.74) is 1.70. The number of halogens is 1. The molecule has 0 bridgehead atoms. The van der Waals surface area contributed by atoms with Crippen molar-refractivity contribution in [2.75, 3.05) is 11.9 Å². The summed E-state index contributed by atoms with van der Waals surface area (Å²) in [4.78, 5) is 24.1. The number of anilines is 1. The molecular weight excluding hydrogens is 340 g/mol. The molecule has 2 amide bonds. The van der Waals surface area contributed by atoms with Crippen LogP contribution in [-0.4, -0.2) is 18.4 Å². The molecule has 0 aliphatic rings. The number of benzene rings is 1. The summed E-state index contributed by atoms with van der Waals surface area (Å²) in [6.45, 7) is 1.86. The van der Waals surface area contributed by atoms with Crippen molar-refractivity contribution in [3.05, 3.63) is 50.6 Å². The van der Waals surface area contributed by atoms with Gasteiger partial charge in [0.2, 0.25) is 5.91 Å². The molecule has 1 aromatic heterocycles. The Bertz CT molecular complexity index is 626. The van der Waals surface area contributed by atoms with Gasteiger partial charge in [0.15, 0.2) is 0 Å². The number of nitrogens with one attached hydrogen (secondary N) is 2. The van der Waals surface area contributed by atoms with Crippen molar-refractivity contribution in [2.45, 2.75) is 6.92 Å². The molecule has 0 radical (unpaired) electrons. The lowest BCUT2D eigenvalue weighted by Crippen LogP contribution is -2.32. The molecule has 4 nitrogen and oxygen atoms in total. The molecule has 20 heavy (non-hydrogen) atoms. The quantitative estimate of drug-likeness (QED) is 0.887. The SMILES string of the molecule is Cc1cc(Br)ccc1NC(=O)CNC(=O)c1cccs1. The lowest BCUT2D eigenvalue weighted by Gasteiger charge is -2.09. The normalized spacial score (nSPS) is 10.1. The minimum Gasteiger partial charge on any atom is -0.342 e. The lowest BCUT2D eigenvalue weighted by atomic mass is 10.2. The zero-order valence-electron chi connectivity index (χ0n) is 10.8. The van der Waals surface area contributed by atoms with Crippen molar-refractivity contribution in [1.29, 1.82) is 0 Å². The van der Waals surface area contributed by atoms with E-state index in [-0.39, 0.29) is 18.4 Å². The van der Waals surface area contributed by atoms with Gasteiger partial charge in [-0.15, -0.1) is 11.3 Å². The van der Waals surface area contributed by atoms with Crippen LogP contribution in [0.1, 0.15) is 15.2 Å². The molecule has 0 saturated carbocycles. The van der Waals surface area contributed by atoms with Crippen molar-refractivity contribution < 1.29 is 9.59 Å². The number of rotatable bonds is 4. The van der Waals surface area contributed by atoms with Crippen LogP contribution in [0.15, 0.2) is 40.2 Å². The molecule has 0 aliphatic heterocycles. The molecule has 104 valence electrons. The topological polar surface area (TPSA) is 58.2 Å². The predicted molar refractivity (Wildman–Crippen MR) is 84.2 cm³/mol. The molecule has 1 aromatic carbocycles. The van der Waals surface area contributed by atoms with Gasteiger partial charge in [0.05, 0.1) is 11.4 Å². The van der Waals surface area contributed by atoms with Crippen LogP contribution >= 0.6 is 27.3 Å². The number of thiophene rings is 1. The molecule has 0 aliphatic carbocycles. The molecule has 2 rings (SSSR count). The van der Waals surface area contributed by atoms with Crippen LogP contribution in [0.3, 0.4) is 0 Å². The Morgan fingerprint density at radius 3 is 2.75 bits per heavy atom. The summed E-state index contributed by atoms with van der Waals surface area (Å²) in [7, 11) is 0. The Morgan fingerprint density at radius 2 is 2.10 bits per heavy atom. The van der Waals surface area contributed by atoms with Gasteiger partial charge in [0.1, 0.15) is 0 Å².